The number of aliphatic hydroxyl groups is 1. The molecule has 2 fully saturated rings. The van der Waals surface area contributed by atoms with Gasteiger partial charge in [-0.25, -0.2) is 0 Å². The van der Waals surface area contributed by atoms with Gasteiger partial charge in [0.05, 0.1) is 13.2 Å². The second-order valence-electron chi connectivity index (χ2n) is 5.44. The van der Waals surface area contributed by atoms with Crippen LogP contribution in [0.2, 0.25) is 0 Å². The van der Waals surface area contributed by atoms with E-state index in [9.17, 15) is 4.79 Å². The fourth-order valence-electron chi connectivity index (χ4n) is 3.04. The number of carbonyl (C=O) groups is 1. The largest absolute Gasteiger partial charge is 0.396 e. The Morgan fingerprint density at radius 1 is 1.21 bits per heavy atom. The SMILES string of the molecule is O=C(CCN1CCCCC1CCO)N1CCOCC1. The molecule has 1 unspecified atom stereocenters. The molecule has 2 saturated heterocycles. The van der Waals surface area contributed by atoms with Gasteiger partial charge >= 0.3 is 0 Å². The van der Waals surface area contributed by atoms with Crippen molar-refractivity contribution in [2.24, 2.45) is 0 Å². The number of hydrogen-bond donors (Lipinski definition) is 1. The summed E-state index contributed by atoms with van der Waals surface area (Å²) in [5.74, 6) is 0.247. The maximum Gasteiger partial charge on any atom is 0.224 e. The molecule has 0 aliphatic carbocycles. The molecule has 2 heterocycles. The number of amides is 1. The first-order chi connectivity index (χ1) is 9.31. The van der Waals surface area contributed by atoms with Gasteiger partial charge in [-0.15, -0.1) is 0 Å². The Morgan fingerprint density at radius 3 is 2.74 bits per heavy atom. The second kappa shape index (κ2) is 7.82. The number of nitrogens with zero attached hydrogens (tertiary/aromatic N) is 2. The highest BCUT2D eigenvalue weighted by atomic mass is 16.5. The minimum absolute atomic E-state index is 0.247. The first-order valence-corrected chi connectivity index (χ1v) is 7.51. The van der Waals surface area contributed by atoms with Crippen molar-refractivity contribution in [3.63, 3.8) is 0 Å². The minimum atomic E-state index is 0.247. The lowest BCUT2D eigenvalue weighted by Gasteiger charge is -2.36. The summed E-state index contributed by atoms with van der Waals surface area (Å²) in [5, 5.41) is 9.10. The van der Waals surface area contributed by atoms with Crippen LogP contribution in [0.1, 0.15) is 32.1 Å². The molecule has 0 bridgehead atoms. The molecular formula is C14H26N2O3. The number of aliphatic hydroxyl groups excluding tert-OH is 1. The average Bonchev–Trinajstić information content (AvgIpc) is 2.47. The van der Waals surface area contributed by atoms with Gasteiger partial charge < -0.3 is 14.7 Å². The Hall–Kier alpha value is -0.650. The van der Waals surface area contributed by atoms with Crippen LogP contribution in [0, 0.1) is 0 Å². The quantitative estimate of drug-likeness (QED) is 0.789. The van der Waals surface area contributed by atoms with Crippen LogP contribution < -0.4 is 0 Å². The van der Waals surface area contributed by atoms with E-state index < -0.39 is 0 Å². The molecule has 110 valence electrons. The lowest BCUT2D eigenvalue weighted by Crippen LogP contribution is -2.44. The summed E-state index contributed by atoms with van der Waals surface area (Å²) in [6, 6.07) is 0.469. The maximum atomic E-state index is 12.1. The van der Waals surface area contributed by atoms with Gasteiger partial charge in [-0.3, -0.25) is 9.69 Å². The Kier molecular flexibility index (Phi) is 6.07. The molecule has 0 spiro atoms. The smallest absolute Gasteiger partial charge is 0.224 e. The molecule has 0 aromatic heterocycles. The van der Waals surface area contributed by atoms with Crippen molar-refractivity contribution in [3.05, 3.63) is 0 Å². The van der Waals surface area contributed by atoms with E-state index in [1.165, 1.54) is 12.8 Å². The van der Waals surface area contributed by atoms with Gasteiger partial charge in [0.1, 0.15) is 0 Å². The van der Waals surface area contributed by atoms with E-state index in [4.69, 9.17) is 9.84 Å². The van der Waals surface area contributed by atoms with E-state index in [0.717, 1.165) is 39.0 Å². The fourth-order valence-corrected chi connectivity index (χ4v) is 3.04. The summed E-state index contributed by atoms with van der Waals surface area (Å²) in [6.07, 6.45) is 5.06. The molecule has 1 N–H and O–H groups in total. The van der Waals surface area contributed by atoms with Crippen molar-refractivity contribution in [2.45, 2.75) is 38.1 Å². The van der Waals surface area contributed by atoms with E-state index in [0.29, 0.717) is 25.7 Å². The normalized spacial score (nSPS) is 25.5. The van der Waals surface area contributed by atoms with Crippen LogP contribution in [0.25, 0.3) is 0 Å². The van der Waals surface area contributed by atoms with Gasteiger partial charge in [0, 0.05) is 38.7 Å². The standard InChI is InChI=1S/C14H26N2O3/c17-10-5-13-3-1-2-6-15(13)7-4-14(18)16-8-11-19-12-9-16/h13,17H,1-12H2. The van der Waals surface area contributed by atoms with Gasteiger partial charge in [0.15, 0.2) is 0 Å². The molecule has 1 amide bonds. The monoisotopic (exact) mass is 270 g/mol. The summed E-state index contributed by atoms with van der Waals surface area (Å²) < 4.78 is 5.26. The summed E-state index contributed by atoms with van der Waals surface area (Å²) in [4.78, 5) is 16.4. The number of piperidine rings is 1. The van der Waals surface area contributed by atoms with Crippen LogP contribution in [0.4, 0.5) is 0 Å². The Bertz CT molecular complexity index is 278. The van der Waals surface area contributed by atoms with Gasteiger partial charge in [-0.05, 0) is 25.8 Å². The van der Waals surface area contributed by atoms with Crippen molar-refractivity contribution in [1.29, 1.82) is 0 Å². The maximum absolute atomic E-state index is 12.1. The van der Waals surface area contributed by atoms with Gasteiger partial charge in [-0.1, -0.05) is 6.42 Å². The lowest BCUT2D eigenvalue weighted by molar-refractivity contribution is -0.135. The first-order valence-electron chi connectivity index (χ1n) is 7.51. The van der Waals surface area contributed by atoms with E-state index in [1.54, 1.807) is 0 Å². The summed E-state index contributed by atoms with van der Waals surface area (Å²) in [7, 11) is 0. The predicted octanol–water partition coefficient (Wildman–Crippen LogP) is 0.472. The van der Waals surface area contributed by atoms with Crippen molar-refractivity contribution >= 4 is 5.91 Å². The third-order valence-electron chi connectivity index (χ3n) is 4.19. The van der Waals surface area contributed by atoms with Crippen molar-refractivity contribution in [1.82, 2.24) is 9.80 Å². The van der Waals surface area contributed by atoms with Crippen LogP contribution in [0.15, 0.2) is 0 Å². The summed E-state index contributed by atoms with van der Waals surface area (Å²) in [6.45, 7) is 4.96. The highest BCUT2D eigenvalue weighted by Crippen LogP contribution is 2.19. The zero-order valence-electron chi connectivity index (χ0n) is 11.7. The fraction of sp³-hybridized carbons (Fsp3) is 0.929. The zero-order chi connectivity index (χ0) is 13.5. The van der Waals surface area contributed by atoms with Crippen LogP contribution in [-0.2, 0) is 9.53 Å². The second-order valence-corrected chi connectivity index (χ2v) is 5.44. The van der Waals surface area contributed by atoms with Crippen LogP contribution in [-0.4, -0.2) is 72.9 Å². The molecule has 0 radical (unpaired) electrons. The molecule has 2 aliphatic rings. The number of hydrogen-bond acceptors (Lipinski definition) is 4. The first kappa shape index (κ1) is 14.8. The molecular weight excluding hydrogens is 244 g/mol. The van der Waals surface area contributed by atoms with Crippen LogP contribution in [0.3, 0.4) is 0 Å². The molecule has 0 saturated carbocycles. The number of ether oxygens (including phenoxy) is 1. The Labute approximate surface area is 115 Å². The Morgan fingerprint density at radius 2 is 2.00 bits per heavy atom. The van der Waals surface area contributed by atoms with Crippen molar-refractivity contribution in [2.75, 3.05) is 46.0 Å². The van der Waals surface area contributed by atoms with Crippen molar-refractivity contribution in [3.8, 4) is 0 Å². The number of morpholine rings is 1. The Balaban J connectivity index is 1.74. The molecule has 5 nitrogen and oxygen atoms in total. The molecule has 0 aromatic rings. The predicted molar refractivity (Wildman–Crippen MR) is 72.9 cm³/mol. The third-order valence-corrected chi connectivity index (χ3v) is 4.19. The molecule has 2 aliphatic heterocycles. The highest BCUT2D eigenvalue weighted by Gasteiger charge is 2.23. The number of rotatable bonds is 5. The van der Waals surface area contributed by atoms with Gasteiger partial charge in [0.2, 0.25) is 5.91 Å². The molecule has 19 heavy (non-hydrogen) atoms. The number of likely N-dealkylation sites (tertiary alicyclic amines) is 1. The third kappa shape index (κ3) is 4.44. The van der Waals surface area contributed by atoms with E-state index in [-0.39, 0.29) is 12.5 Å². The zero-order valence-corrected chi connectivity index (χ0v) is 11.7. The molecule has 1 atom stereocenters. The summed E-state index contributed by atoms with van der Waals surface area (Å²) in [5.41, 5.74) is 0. The topological polar surface area (TPSA) is 53.0 Å². The average molecular weight is 270 g/mol. The van der Waals surface area contributed by atoms with E-state index in [1.807, 2.05) is 4.90 Å². The molecule has 2 rings (SSSR count). The summed E-state index contributed by atoms with van der Waals surface area (Å²) >= 11 is 0. The highest BCUT2D eigenvalue weighted by molar-refractivity contribution is 5.76. The minimum Gasteiger partial charge on any atom is -0.396 e. The van der Waals surface area contributed by atoms with E-state index >= 15 is 0 Å². The van der Waals surface area contributed by atoms with Gasteiger partial charge in [0.25, 0.3) is 0 Å². The number of carbonyl (C=O) groups excluding carboxylic acids is 1. The van der Waals surface area contributed by atoms with Crippen molar-refractivity contribution < 1.29 is 14.6 Å². The molecule has 0 aromatic carbocycles. The van der Waals surface area contributed by atoms with E-state index in [2.05, 4.69) is 4.90 Å². The van der Waals surface area contributed by atoms with Gasteiger partial charge in [-0.2, -0.15) is 0 Å². The van der Waals surface area contributed by atoms with Crippen LogP contribution >= 0.6 is 0 Å². The molecule has 5 heteroatoms. The lowest BCUT2D eigenvalue weighted by atomic mass is 9.99. The van der Waals surface area contributed by atoms with Crippen LogP contribution in [0.5, 0.6) is 0 Å².